The summed E-state index contributed by atoms with van der Waals surface area (Å²) < 4.78 is 18.2. The van der Waals surface area contributed by atoms with Gasteiger partial charge in [-0.3, -0.25) is 10.1 Å². The largest absolute Gasteiger partial charge is 0.496 e. The molecule has 0 aliphatic heterocycles. The highest BCUT2D eigenvalue weighted by atomic mass is 32.2. The standard InChI is InChI=1S/C12H15FN2O3S/c1-18-10-3-2-9(13)6-8(10)7-19-5-4-11(16)15-12(14)17/h2-3,6H,4-5,7H2,1H3,(H3,14,15,16,17). The highest BCUT2D eigenvalue weighted by Crippen LogP contribution is 2.24. The molecule has 7 heteroatoms. The lowest BCUT2D eigenvalue weighted by molar-refractivity contribution is -0.119. The van der Waals surface area contributed by atoms with E-state index in [1.807, 2.05) is 5.32 Å². The lowest BCUT2D eigenvalue weighted by Crippen LogP contribution is -2.35. The minimum Gasteiger partial charge on any atom is -0.496 e. The molecule has 0 aliphatic carbocycles. The molecule has 1 aromatic rings. The van der Waals surface area contributed by atoms with Crippen molar-refractivity contribution in [3.63, 3.8) is 0 Å². The van der Waals surface area contributed by atoms with Crippen molar-refractivity contribution in [1.82, 2.24) is 5.32 Å². The molecule has 0 bridgehead atoms. The summed E-state index contributed by atoms with van der Waals surface area (Å²) in [5.74, 6) is 0.869. The Bertz CT molecular complexity index is 468. The molecule has 0 radical (unpaired) electrons. The molecule has 0 unspecified atom stereocenters. The van der Waals surface area contributed by atoms with Crippen molar-refractivity contribution in [3.8, 4) is 5.75 Å². The number of carbonyl (C=O) groups excluding carboxylic acids is 2. The lowest BCUT2D eigenvalue weighted by Gasteiger charge is -2.08. The third-order valence-electron chi connectivity index (χ3n) is 2.24. The zero-order valence-electron chi connectivity index (χ0n) is 10.4. The van der Waals surface area contributed by atoms with Gasteiger partial charge in [-0.05, 0) is 18.2 Å². The van der Waals surface area contributed by atoms with Crippen LogP contribution in [0.4, 0.5) is 9.18 Å². The minimum atomic E-state index is -0.859. The molecule has 1 rings (SSSR count). The Morgan fingerprint density at radius 1 is 1.47 bits per heavy atom. The third kappa shape index (κ3) is 5.60. The Kier molecular flexibility index (Phi) is 6.14. The predicted octanol–water partition coefficient (Wildman–Crippen LogP) is 1.65. The second-order valence-corrected chi connectivity index (χ2v) is 4.78. The van der Waals surface area contributed by atoms with Crippen LogP contribution in [0.2, 0.25) is 0 Å². The highest BCUT2D eigenvalue weighted by Gasteiger charge is 2.07. The monoisotopic (exact) mass is 286 g/mol. The number of nitrogens with one attached hydrogen (secondary N) is 1. The van der Waals surface area contributed by atoms with Crippen LogP contribution in [0, 0.1) is 5.82 Å². The van der Waals surface area contributed by atoms with E-state index in [2.05, 4.69) is 0 Å². The quantitative estimate of drug-likeness (QED) is 0.779. The van der Waals surface area contributed by atoms with Crippen molar-refractivity contribution in [3.05, 3.63) is 29.6 Å². The van der Waals surface area contributed by atoms with E-state index in [1.165, 1.54) is 31.0 Å². The third-order valence-corrected chi connectivity index (χ3v) is 3.24. The van der Waals surface area contributed by atoms with Gasteiger partial charge >= 0.3 is 6.03 Å². The van der Waals surface area contributed by atoms with Crippen molar-refractivity contribution in [2.75, 3.05) is 12.9 Å². The van der Waals surface area contributed by atoms with E-state index in [-0.39, 0.29) is 12.2 Å². The van der Waals surface area contributed by atoms with Gasteiger partial charge in [-0.25, -0.2) is 9.18 Å². The van der Waals surface area contributed by atoms with E-state index < -0.39 is 11.9 Å². The zero-order valence-corrected chi connectivity index (χ0v) is 11.3. The van der Waals surface area contributed by atoms with E-state index in [0.717, 1.165) is 5.56 Å². The van der Waals surface area contributed by atoms with Crippen molar-refractivity contribution >= 4 is 23.7 Å². The van der Waals surface area contributed by atoms with Gasteiger partial charge in [0.05, 0.1) is 7.11 Å². The summed E-state index contributed by atoms with van der Waals surface area (Å²) in [5, 5.41) is 1.98. The summed E-state index contributed by atoms with van der Waals surface area (Å²) in [5.41, 5.74) is 5.53. The fourth-order valence-electron chi connectivity index (χ4n) is 1.41. The normalized spacial score (nSPS) is 10.0. The van der Waals surface area contributed by atoms with Crippen LogP contribution in [0.1, 0.15) is 12.0 Å². The number of thioether (sulfide) groups is 1. The number of methoxy groups -OCH3 is 1. The number of amides is 3. The zero-order chi connectivity index (χ0) is 14.3. The average Bonchev–Trinajstić information content (AvgIpc) is 2.34. The number of nitrogens with two attached hydrogens (primary N) is 1. The van der Waals surface area contributed by atoms with Crippen molar-refractivity contribution in [2.24, 2.45) is 5.73 Å². The van der Waals surface area contributed by atoms with Crippen LogP contribution in [-0.2, 0) is 10.5 Å². The van der Waals surface area contributed by atoms with Crippen LogP contribution < -0.4 is 15.8 Å². The number of halogens is 1. The summed E-state index contributed by atoms with van der Waals surface area (Å²) in [6.07, 6.45) is 0.172. The van der Waals surface area contributed by atoms with Crippen molar-refractivity contribution < 1.29 is 18.7 Å². The molecule has 0 aliphatic rings. The summed E-state index contributed by atoms with van der Waals surface area (Å²) in [6.45, 7) is 0. The van der Waals surface area contributed by atoms with E-state index in [0.29, 0.717) is 17.3 Å². The Morgan fingerprint density at radius 3 is 2.84 bits per heavy atom. The summed E-state index contributed by atoms with van der Waals surface area (Å²) in [4.78, 5) is 21.5. The van der Waals surface area contributed by atoms with Crippen LogP contribution in [0.25, 0.3) is 0 Å². The first-order valence-electron chi connectivity index (χ1n) is 5.52. The molecule has 5 nitrogen and oxygen atoms in total. The second kappa shape index (κ2) is 7.63. The second-order valence-electron chi connectivity index (χ2n) is 3.67. The van der Waals surface area contributed by atoms with Gasteiger partial charge in [0.25, 0.3) is 0 Å². The van der Waals surface area contributed by atoms with Gasteiger partial charge in [-0.2, -0.15) is 11.8 Å². The summed E-state index contributed by atoms with van der Waals surface area (Å²) >= 11 is 1.44. The molecule has 0 fully saturated rings. The number of imide groups is 1. The topological polar surface area (TPSA) is 81.4 Å². The molecule has 3 N–H and O–H groups in total. The Balaban J connectivity index is 2.39. The lowest BCUT2D eigenvalue weighted by atomic mass is 10.2. The number of urea groups is 1. The molecular weight excluding hydrogens is 271 g/mol. The van der Waals surface area contributed by atoms with Crippen LogP contribution in [-0.4, -0.2) is 24.8 Å². The molecule has 1 aromatic carbocycles. The fraction of sp³-hybridized carbons (Fsp3) is 0.333. The van der Waals surface area contributed by atoms with Crippen LogP contribution in [0.15, 0.2) is 18.2 Å². The van der Waals surface area contributed by atoms with Gasteiger partial charge in [-0.15, -0.1) is 0 Å². The maximum absolute atomic E-state index is 13.1. The van der Waals surface area contributed by atoms with Gasteiger partial charge in [-0.1, -0.05) is 0 Å². The summed E-state index contributed by atoms with van der Waals surface area (Å²) in [6, 6.07) is 3.43. The van der Waals surface area contributed by atoms with E-state index in [4.69, 9.17) is 10.5 Å². The average molecular weight is 286 g/mol. The maximum Gasteiger partial charge on any atom is 0.318 e. The predicted molar refractivity (Wildman–Crippen MR) is 71.5 cm³/mol. The van der Waals surface area contributed by atoms with E-state index in [1.54, 1.807) is 6.07 Å². The molecule has 19 heavy (non-hydrogen) atoms. The minimum absolute atomic E-state index is 0.172. The molecule has 0 saturated carbocycles. The van der Waals surface area contributed by atoms with Crippen LogP contribution in [0.3, 0.4) is 0 Å². The molecule has 0 atom stereocenters. The first-order valence-corrected chi connectivity index (χ1v) is 6.68. The molecule has 3 amide bonds. The first-order chi connectivity index (χ1) is 9.02. The first kappa shape index (κ1) is 15.3. The molecule has 0 spiro atoms. The van der Waals surface area contributed by atoms with Crippen molar-refractivity contribution in [1.29, 1.82) is 0 Å². The molecule has 104 valence electrons. The van der Waals surface area contributed by atoms with Gasteiger partial charge in [0.15, 0.2) is 0 Å². The number of ether oxygens (including phenoxy) is 1. The Morgan fingerprint density at radius 2 is 2.21 bits per heavy atom. The van der Waals surface area contributed by atoms with E-state index in [9.17, 15) is 14.0 Å². The molecule has 0 heterocycles. The number of benzene rings is 1. The Labute approximate surface area is 114 Å². The van der Waals surface area contributed by atoms with Crippen LogP contribution in [0.5, 0.6) is 5.75 Å². The van der Waals surface area contributed by atoms with Gasteiger partial charge in [0, 0.05) is 23.5 Å². The van der Waals surface area contributed by atoms with Crippen molar-refractivity contribution in [2.45, 2.75) is 12.2 Å². The molecule has 0 aromatic heterocycles. The SMILES string of the molecule is COc1ccc(F)cc1CSCCC(=O)NC(N)=O. The van der Waals surface area contributed by atoms with Gasteiger partial charge in [0.2, 0.25) is 5.91 Å². The van der Waals surface area contributed by atoms with Gasteiger partial charge < -0.3 is 10.5 Å². The number of hydrogen-bond acceptors (Lipinski definition) is 4. The number of carbonyl (C=O) groups is 2. The maximum atomic E-state index is 13.1. The molecule has 0 saturated heterocycles. The molecular formula is C12H15FN2O3S. The van der Waals surface area contributed by atoms with E-state index >= 15 is 0 Å². The van der Waals surface area contributed by atoms with Gasteiger partial charge in [0.1, 0.15) is 11.6 Å². The fourth-order valence-corrected chi connectivity index (χ4v) is 2.33. The Hall–Kier alpha value is -1.76. The summed E-state index contributed by atoms with van der Waals surface area (Å²) in [7, 11) is 1.52. The highest BCUT2D eigenvalue weighted by molar-refractivity contribution is 7.98. The van der Waals surface area contributed by atoms with Crippen LogP contribution >= 0.6 is 11.8 Å². The smallest absolute Gasteiger partial charge is 0.318 e. The number of hydrogen-bond donors (Lipinski definition) is 2. The number of primary amides is 1. The number of rotatable bonds is 6.